The highest BCUT2D eigenvalue weighted by molar-refractivity contribution is 5.62. The molecule has 5 nitrogen and oxygen atoms in total. The van der Waals surface area contributed by atoms with Crippen LogP contribution in [0, 0.1) is 0 Å². The maximum Gasteiger partial charge on any atom is 0.119 e. The minimum atomic E-state index is 0.581. The van der Waals surface area contributed by atoms with Gasteiger partial charge in [0, 0.05) is 38.1 Å². The number of hydrogen-bond acceptors (Lipinski definition) is 4. The Bertz CT molecular complexity index is 916. The van der Waals surface area contributed by atoms with Crippen molar-refractivity contribution >= 4 is 0 Å². The van der Waals surface area contributed by atoms with Crippen molar-refractivity contribution < 1.29 is 14.2 Å². The molecule has 0 bridgehead atoms. The fourth-order valence-electron chi connectivity index (χ4n) is 3.83. The molecule has 4 rings (SSSR count). The number of hydrogen-bond donors (Lipinski definition) is 0. The second kappa shape index (κ2) is 11.1. The summed E-state index contributed by atoms with van der Waals surface area (Å²) >= 11 is 0. The van der Waals surface area contributed by atoms with E-state index in [1.165, 1.54) is 22.4 Å². The largest absolute Gasteiger partial charge is 0.489 e. The maximum absolute atomic E-state index is 5.95. The van der Waals surface area contributed by atoms with E-state index in [0.29, 0.717) is 13.2 Å². The number of nitrogens with zero attached hydrogens (tertiary/aromatic N) is 2. The fourth-order valence-corrected chi connectivity index (χ4v) is 3.83. The van der Waals surface area contributed by atoms with Gasteiger partial charge in [-0.25, -0.2) is 0 Å². The lowest BCUT2D eigenvalue weighted by atomic mass is 10.1. The molecule has 2 aromatic carbocycles. The molecule has 0 atom stereocenters. The molecule has 0 N–H and O–H groups in total. The van der Waals surface area contributed by atoms with Crippen molar-refractivity contribution in [3.05, 3.63) is 78.0 Å². The van der Waals surface area contributed by atoms with Gasteiger partial charge >= 0.3 is 0 Å². The van der Waals surface area contributed by atoms with Gasteiger partial charge in [-0.3, -0.25) is 4.90 Å². The van der Waals surface area contributed by atoms with Crippen LogP contribution < -0.4 is 4.74 Å². The van der Waals surface area contributed by atoms with Crippen LogP contribution in [0.3, 0.4) is 0 Å². The molecule has 0 spiro atoms. The second-order valence-electron chi connectivity index (χ2n) is 7.82. The average molecular weight is 421 g/mol. The Kier molecular flexibility index (Phi) is 7.77. The summed E-state index contributed by atoms with van der Waals surface area (Å²) in [5.41, 5.74) is 4.78. The first-order valence-electron chi connectivity index (χ1n) is 11.2. The van der Waals surface area contributed by atoms with Crippen LogP contribution in [-0.2, 0) is 29.2 Å². The van der Waals surface area contributed by atoms with Crippen molar-refractivity contribution in [2.45, 2.75) is 26.7 Å². The Hall–Kier alpha value is -2.60. The van der Waals surface area contributed by atoms with E-state index in [2.05, 4.69) is 52.9 Å². The summed E-state index contributed by atoms with van der Waals surface area (Å²) in [5, 5.41) is 0. The highest BCUT2D eigenvalue weighted by Gasteiger charge is 2.11. The lowest BCUT2D eigenvalue weighted by Crippen LogP contribution is -2.38. The highest BCUT2D eigenvalue weighted by Crippen LogP contribution is 2.26. The van der Waals surface area contributed by atoms with E-state index in [4.69, 9.17) is 14.2 Å². The predicted molar refractivity (Wildman–Crippen MR) is 123 cm³/mol. The second-order valence-corrected chi connectivity index (χ2v) is 7.82. The van der Waals surface area contributed by atoms with Gasteiger partial charge in [-0.05, 0) is 53.9 Å². The van der Waals surface area contributed by atoms with Crippen LogP contribution in [0.5, 0.6) is 5.75 Å². The zero-order valence-corrected chi connectivity index (χ0v) is 18.3. The van der Waals surface area contributed by atoms with Crippen LogP contribution in [0.2, 0.25) is 0 Å². The number of morpholine rings is 1. The van der Waals surface area contributed by atoms with Crippen LogP contribution in [0.4, 0.5) is 0 Å². The Balaban J connectivity index is 1.31. The van der Waals surface area contributed by atoms with Gasteiger partial charge in [-0.2, -0.15) is 0 Å². The zero-order chi connectivity index (χ0) is 21.3. The summed E-state index contributed by atoms with van der Waals surface area (Å²) in [5.74, 6) is 0.883. The molecule has 5 heteroatoms. The molecule has 0 aliphatic carbocycles. The Morgan fingerprint density at radius 3 is 2.42 bits per heavy atom. The summed E-state index contributed by atoms with van der Waals surface area (Å²) in [6, 6.07) is 20.8. The van der Waals surface area contributed by atoms with E-state index in [-0.39, 0.29) is 0 Å². The molecule has 3 aromatic rings. The first kappa shape index (κ1) is 21.6. The molecule has 0 unspecified atom stereocenters. The average Bonchev–Trinajstić information content (AvgIpc) is 3.25. The smallest absolute Gasteiger partial charge is 0.119 e. The topological polar surface area (TPSA) is 35.9 Å². The Morgan fingerprint density at radius 1 is 0.903 bits per heavy atom. The summed E-state index contributed by atoms with van der Waals surface area (Å²) in [4.78, 5) is 2.40. The lowest BCUT2D eigenvalue weighted by molar-refractivity contribution is 0.0180. The van der Waals surface area contributed by atoms with E-state index in [0.717, 1.165) is 51.7 Å². The summed E-state index contributed by atoms with van der Waals surface area (Å²) < 4.78 is 19.5. The van der Waals surface area contributed by atoms with Gasteiger partial charge in [0.25, 0.3) is 0 Å². The van der Waals surface area contributed by atoms with E-state index in [9.17, 15) is 0 Å². The molecule has 1 aliphatic rings. The molecule has 31 heavy (non-hydrogen) atoms. The molecule has 0 radical (unpaired) electrons. The van der Waals surface area contributed by atoms with E-state index < -0.39 is 0 Å². The third kappa shape index (κ3) is 6.20. The molecule has 0 saturated carbocycles. The van der Waals surface area contributed by atoms with Gasteiger partial charge in [0.2, 0.25) is 0 Å². The van der Waals surface area contributed by atoms with Crippen molar-refractivity contribution in [2.24, 2.45) is 0 Å². The van der Waals surface area contributed by atoms with E-state index >= 15 is 0 Å². The molecule has 164 valence electrons. The summed E-state index contributed by atoms with van der Waals surface area (Å²) in [6.07, 6.45) is 2.20. The Morgan fingerprint density at radius 2 is 1.68 bits per heavy atom. The van der Waals surface area contributed by atoms with Crippen LogP contribution in [0.15, 0.2) is 66.9 Å². The highest BCUT2D eigenvalue weighted by atomic mass is 16.5. The number of ether oxygens (including phenoxy) is 3. The molecule has 1 saturated heterocycles. The lowest BCUT2D eigenvalue weighted by Gasteiger charge is -2.26. The van der Waals surface area contributed by atoms with Gasteiger partial charge in [-0.1, -0.05) is 30.3 Å². The predicted octanol–water partition coefficient (Wildman–Crippen LogP) is 4.60. The monoisotopic (exact) mass is 420 g/mol. The zero-order valence-electron chi connectivity index (χ0n) is 18.3. The number of rotatable bonds is 10. The molecular formula is C26H32N2O3. The van der Waals surface area contributed by atoms with Crippen molar-refractivity contribution in [1.29, 1.82) is 0 Å². The van der Waals surface area contributed by atoms with Crippen molar-refractivity contribution in [2.75, 3.05) is 39.5 Å². The standard InChI is InChI=1S/C26H32N2O3/c1-2-28-19-23(20-30-17-14-27-12-15-29-16-13-27)18-26(28)24-8-10-25(11-9-24)31-21-22-6-4-3-5-7-22/h3-11,18-19H,2,12-17,20-21H2,1H3. The first-order valence-corrected chi connectivity index (χ1v) is 11.2. The first-order chi connectivity index (χ1) is 15.3. The Labute approximate surface area is 185 Å². The molecule has 1 aromatic heterocycles. The normalized spacial score (nSPS) is 14.6. The number of aryl methyl sites for hydroxylation is 1. The fraction of sp³-hybridized carbons (Fsp3) is 0.385. The molecule has 1 aliphatic heterocycles. The van der Waals surface area contributed by atoms with Crippen molar-refractivity contribution in [3.63, 3.8) is 0 Å². The van der Waals surface area contributed by atoms with Gasteiger partial charge in [0.1, 0.15) is 12.4 Å². The molecule has 1 fully saturated rings. The van der Waals surface area contributed by atoms with Crippen LogP contribution in [0.1, 0.15) is 18.1 Å². The third-order valence-electron chi connectivity index (χ3n) is 5.62. The van der Waals surface area contributed by atoms with E-state index in [1.54, 1.807) is 0 Å². The number of benzene rings is 2. The van der Waals surface area contributed by atoms with Gasteiger partial charge < -0.3 is 18.8 Å². The molecule has 0 amide bonds. The molecular weight excluding hydrogens is 388 g/mol. The van der Waals surface area contributed by atoms with Crippen molar-refractivity contribution in [3.8, 4) is 17.0 Å². The van der Waals surface area contributed by atoms with Gasteiger partial charge in [0.05, 0.1) is 26.4 Å². The van der Waals surface area contributed by atoms with Gasteiger partial charge in [-0.15, -0.1) is 0 Å². The van der Waals surface area contributed by atoms with Crippen LogP contribution in [0.25, 0.3) is 11.3 Å². The molecule has 2 heterocycles. The summed E-state index contributed by atoms with van der Waals surface area (Å²) in [7, 11) is 0. The van der Waals surface area contributed by atoms with E-state index in [1.807, 2.05) is 30.3 Å². The maximum atomic E-state index is 5.95. The SMILES string of the molecule is CCn1cc(COCCN2CCOCC2)cc1-c1ccc(OCc2ccccc2)cc1. The minimum Gasteiger partial charge on any atom is -0.489 e. The number of aromatic nitrogens is 1. The van der Waals surface area contributed by atoms with Crippen LogP contribution in [-0.4, -0.2) is 48.9 Å². The van der Waals surface area contributed by atoms with Crippen LogP contribution >= 0.6 is 0 Å². The van der Waals surface area contributed by atoms with Gasteiger partial charge in [0.15, 0.2) is 0 Å². The minimum absolute atomic E-state index is 0.581. The quantitative estimate of drug-likeness (QED) is 0.449. The third-order valence-corrected chi connectivity index (χ3v) is 5.62. The summed E-state index contributed by atoms with van der Waals surface area (Å²) in [6.45, 7) is 9.71. The van der Waals surface area contributed by atoms with Crippen molar-refractivity contribution in [1.82, 2.24) is 9.47 Å².